The van der Waals surface area contributed by atoms with E-state index in [-0.39, 0.29) is 10.8 Å². The molecule has 0 aliphatic heterocycles. The quantitative estimate of drug-likeness (QED) is 0.895. The van der Waals surface area contributed by atoms with Gasteiger partial charge in [0.1, 0.15) is 0 Å². The largest absolute Gasteiger partial charge is 0.280 e. The number of H-pyrrole nitrogens is 1. The molecule has 0 fully saturated rings. The Labute approximate surface area is 120 Å². The maximum absolute atomic E-state index is 12.1. The van der Waals surface area contributed by atoms with E-state index in [1.165, 1.54) is 6.07 Å². The first kappa shape index (κ1) is 14.1. The number of anilines is 1. The summed E-state index contributed by atoms with van der Waals surface area (Å²) in [7, 11) is -3.61. The number of halogens is 1. The zero-order chi connectivity index (χ0) is 14.0. The fraction of sp³-hybridized carbons (Fsp3) is 0.250. The number of sulfonamides is 1. The monoisotopic (exact) mass is 343 g/mol. The van der Waals surface area contributed by atoms with Gasteiger partial charge >= 0.3 is 0 Å². The summed E-state index contributed by atoms with van der Waals surface area (Å²) in [6, 6.07) is 8.20. The molecule has 2 rings (SSSR count). The standard InChI is InChI=1S/C12H14BrN3O2S/c1-8(2)11-7-12(15-14-11)16-19(17,18)10-5-3-4-9(13)6-10/h3-8H,1-2H3,(H2,14,15,16). The van der Waals surface area contributed by atoms with Gasteiger partial charge in [-0.1, -0.05) is 35.8 Å². The van der Waals surface area contributed by atoms with Gasteiger partial charge in [0.05, 0.1) is 4.90 Å². The highest BCUT2D eigenvalue weighted by Gasteiger charge is 2.16. The SMILES string of the molecule is CC(C)c1cc(NS(=O)(=O)c2cccc(Br)c2)n[nH]1. The number of aromatic nitrogens is 2. The molecular formula is C12H14BrN3O2S. The van der Waals surface area contributed by atoms with Crippen LogP contribution < -0.4 is 4.72 Å². The maximum Gasteiger partial charge on any atom is 0.263 e. The third kappa shape index (κ3) is 3.36. The van der Waals surface area contributed by atoms with Crippen LogP contribution in [0.1, 0.15) is 25.5 Å². The molecule has 0 unspecified atom stereocenters. The van der Waals surface area contributed by atoms with Crippen LogP contribution in [0, 0.1) is 0 Å². The molecule has 1 aromatic carbocycles. The van der Waals surface area contributed by atoms with E-state index in [4.69, 9.17) is 0 Å². The number of nitrogens with one attached hydrogen (secondary N) is 2. The Balaban J connectivity index is 2.26. The van der Waals surface area contributed by atoms with Gasteiger partial charge in [-0.2, -0.15) is 5.10 Å². The molecule has 102 valence electrons. The minimum absolute atomic E-state index is 0.191. The Morgan fingerprint density at radius 2 is 2.05 bits per heavy atom. The molecule has 2 aromatic rings. The summed E-state index contributed by atoms with van der Waals surface area (Å²) in [4.78, 5) is 0.191. The Bertz CT molecular complexity index is 680. The average molecular weight is 344 g/mol. The lowest BCUT2D eigenvalue weighted by molar-refractivity contribution is 0.601. The summed E-state index contributed by atoms with van der Waals surface area (Å²) >= 11 is 3.25. The summed E-state index contributed by atoms with van der Waals surface area (Å²) < 4.78 is 27.4. The molecule has 19 heavy (non-hydrogen) atoms. The van der Waals surface area contributed by atoms with Crippen LogP contribution in [0.4, 0.5) is 5.82 Å². The summed E-state index contributed by atoms with van der Waals surface area (Å²) in [5.74, 6) is 0.556. The molecule has 0 amide bonds. The minimum atomic E-state index is -3.61. The fourth-order valence-corrected chi connectivity index (χ4v) is 3.10. The van der Waals surface area contributed by atoms with Crippen molar-refractivity contribution in [3.8, 4) is 0 Å². The highest BCUT2D eigenvalue weighted by molar-refractivity contribution is 9.10. The third-order valence-corrected chi connectivity index (χ3v) is 4.41. The van der Waals surface area contributed by atoms with Crippen molar-refractivity contribution in [1.29, 1.82) is 0 Å². The Kier molecular flexibility index (Phi) is 3.96. The van der Waals surface area contributed by atoms with Crippen molar-refractivity contribution in [1.82, 2.24) is 10.2 Å². The molecule has 0 bridgehead atoms. The van der Waals surface area contributed by atoms with Gasteiger partial charge in [-0.05, 0) is 24.1 Å². The van der Waals surface area contributed by atoms with E-state index in [9.17, 15) is 8.42 Å². The molecule has 1 aromatic heterocycles. The molecule has 7 heteroatoms. The summed E-state index contributed by atoms with van der Waals surface area (Å²) in [6.45, 7) is 4.00. The molecule has 0 radical (unpaired) electrons. The van der Waals surface area contributed by atoms with Crippen molar-refractivity contribution in [3.05, 3.63) is 40.5 Å². The second-order valence-electron chi connectivity index (χ2n) is 4.43. The van der Waals surface area contributed by atoms with Crippen molar-refractivity contribution in [2.24, 2.45) is 0 Å². The Morgan fingerprint density at radius 3 is 2.63 bits per heavy atom. The van der Waals surface area contributed by atoms with E-state index in [0.29, 0.717) is 10.3 Å². The van der Waals surface area contributed by atoms with Crippen LogP contribution in [-0.2, 0) is 10.0 Å². The number of hydrogen-bond acceptors (Lipinski definition) is 3. The first-order chi connectivity index (χ1) is 8.88. The topological polar surface area (TPSA) is 74.8 Å². The number of rotatable bonds is 4. The zero-order valence-electron chi connectivity index (χ0n) is 10.5. The van der Waals surface area contributed by atoms with Crippen LogP contribution in [0.3, 0.4) is 0 Å². The Hall–Kier alpha value is -1.34. The second-order valence-corrected chi connectivity index (χ2v) is 7.02. The second kappa shape index (κ2) is 5.34. The van der Waals surface area contributed by atoms with Gasteiger partial charge in [0.15, 0.2) is 5.82 Å². The smallest absolute Gasteiger partial charge is 0.263 e. The maximum atomic E-state index is 12.1. The van der Waals surface area contributed by atoms with Crippen molar-refractivity contribution >= 4 is 31.8 Å². The van der Waals surface area contributed by atoms with E-state index in [1.54, 1.807) is 24.3 Å². The van der Waals surface area contributed by atoms with Crippen LogP contribution in [-0.4, -0.2) is 18.6 Å². The molecule has 2 N–H and O–H groups in total. The number of aromatic amines is 1. The van der Waals surface area contributed by atoms with Gasteiger partial charge in [0.2, 0.25) is 0 Å². The summed E-state index contributed by atoms with van der Waals surface area (Å²) in [6.07, 6.45) is 0. The molecule has 5 nitrogen and oxygen atoms in total. The lowest BCUT2D eigenvalue weighted by Crippen LogP contribution is -2.13. The predicted molar refractivity (Wildman–Crippen MR) is 77.6 cm³/mol. The summed E-state index contributed by atoms with van der Waals surface area (Å²) in [5.41, 5.74) is 0.881. The molecule has 0 aliphatic rings. The van der Waals surface area contributed by atoms with E-state index in [1.807, 2.05) is 13.8 Å². The molecule has 0 aliphatic carbocycles. The molecule has 0 saturated heterocycles. The van der Waals surface area contributed by atoms with Crippen molar-refractivity contribution in [2.75, 3.05) is 4.72 Å². The normalized spacial score (nSPS) is 11.8. The molecular weight excluding hydrogens is 330 g/mol. The van der Waals surface area contributed by atoms with Crippen molar-refractivity contribution < 1.29 is 8.42 Å². The van der Waals surface area contributed by atoms with Crippen LogP contribution in [0.2, 0.25) is 0 Å². The minimum Gasteiger partial charge on any atom is -0.280 e. The van der Waals surface area contributed by atoms with E-state index < -0.39 is 10.0 Å². The van der Waals surface area contributed by atoms with Gasteiger partial charge in [0, 0.05) is 16.2 Å². The van der Waals surface area contributed by atoms with Gasteiger partial charge in [-0.3, -0.25) is 9.82 Å². The molecule has 0 spiro atoms. The van der Waals surface area contributed by atoms with Gasteiger partial charge < -0.3 is 0 Å². The van der Waals surface area contributed by atoms with E-state index in [0.717, 1.165) is 5.69 Å². The Morgan fingerprint density at radius 1 is 1.32 bits per heavy atom. The number of hydrogen-bond donors (Lipinski definition) is 2. The van der Waals surface area contributed by atoms with Crippen LogP contribution in [0.25, 0.3) is 0 Å². The first-order valence-corrected chi connectivity index (χ1v) is 8.00. The lowest BCUT2D eigenvalue weighted by Gasteiger charge is -2.05. The average Bonchev–Trinajstić information content (AvgIpc) is 2.77. The van der Waals surface area contributed by atoms with Crippen LogP contribution in [0.15, 0.2) is 39.7 Å². The number of nitrogens with zero attached hydrogens (tertiary/aromatic N) is 1. The van der Waals surface area contributed by atoms with Crippen molar-refractivity contribution in [3.63, 3.8) is 0 Å². The highest BCUT2D eigenvalue weighted by atomic mass is 79.9. The third-order valence-electron chi connectivity index (χ3n) is 2.56. The van der Waals surface area contributed by atoms with Gasteiger partial charge in [-0.15, -0.1) is 0 Å². The highest BCUT2D eigenvalue weighted by Crippen LogP contribution is 2.20. The van der Waals surface area contributed by atoms with Crippen LogP contribution >= 0.6 is 15.9 Å². The number of benzene rings is 1. The lowest BCUT2D eigenvalue weighted by atomic mass is 10.1. The van der Waals surface area contributed by atoms with E-state index >= 15 is 0 Å². The molecule has 1 heterocycles. The van der Waals surface area contributed by atoms with Gasteiger partial charge in [-0.25, -0.2) is 8.42 Å². The van der Waals surface area contributed by atoms with Crippen molar-refractivity contribution in [2.45, 2.75) is 24.7 Å². The summed E-state index contributed by atoms with van der Waals surface area (Å²) in [5, 5.41) is 6.75. The predicted octanol–water partition coefficient (Wildman–Crippen LogP) is 3.10. The molecule has 0 atom stereocenters. The first-order valence-electron chi connectivity index (χ1n) is 5.72. The van der Waals surface area contributed by atoms with Crippen LogP contribution in [0.5, 0.6) is 0 Å². The fourth-order valence-electron chi connectivity index (χ4n) is 1.52. The zero-order valence-corrected chi connectivity index (χ0v) is 12.9. The van der Waals surface area contributed by atoms with Gasteiger partial charge in [0.25, 0.3) is 10.0 Å². The van der Waals surface area contributed by atoms with E-state index in [2.05, 4.69) is 30.8 Å². The molecule has 0 saturated carbocycles.